The second-order valence-electron chi connectivity index (χ2n) is 5.74. The highest BCUT2D eigenvalue weighted by molar-refractivity contribution is 5.81. The quantitative estimate of drug-likeness (QED) is 0.633. The molecular formula is C12H19NO3. The number of nitrogens with zero attached hydrogens (tertiary/aromatic N) is 1. The van der Waals surface area contributed by atoms with E-state index in [0.717, 1.165) is 13.0 Å². The van der Waals surface area contributed by atoms with E-state index in [0.29, 0.717) is 18.8 Å². The van der Waals surface area contributed by atoms with Crippen LogP contribution in [0.25, 0.3) is 0 Å². The van der Waals surface area contributed by atoms with Crippen molar-refractivity contribution in [3.05, 3.63) is 0 Å². The highest BCUT2D eigenvalue weighted by atomic mass is 16.6. The van der Waals surface area contributed by atoms with Crippen LogP contribution in [0.15, 0.2) is 0 Å². The second kappa shape index (κ2) is 3.75. The van der Waals surface area contributed by atoms with Crippen molar-refractivity contribution >= 4 is 11.9 Å². The normalized spacial score (nSPS) is 29.4. The largest absolute Gasteiger partial charge is 0.444 e. The molecule has 2 unspecified atom stereocenters. The monoisotopic (exact) mass is 225 g/mol. The maximum absolute atomic E-state index is 11.8. The molecule has 90 valence electrons. The molecule has 0 spiro atoms. The lowest BCUT2D eigenvalue weighted by Crippen LogP contribution is -2.61. The molecule has 0 aromatic carbocycles. The van der Waals surface area contributed by atoms with Crippen LogP contribution in [0.5, 0.6) is 0 Å². The third-order valence-corrected chi connectivity index (χ3v) is 3.23. The van der Waals surface area contributed by atoms with Crippen LogP contribution in [0.1, 0.15) is 40.0 Å². The highest BCUT2D eigenvalue weighted by Gasteiger charge is 2.46. The fourth-order valence-corrected chi connectivity index (χ4v) is 2.40. The van der Waals surface area contributed by atoms with Crippen molar-refractivity contribution in [3.63, 3.8) is 0 Å². The van der Waals surface area contributed by atoms with Crippen LogP contribution < -0.4 is 0 Å². The summed E-state index contributed by atoms with van der Waals surface area (Å²) in [5.41, 5.74) is -0.457. The summed E-state index contributed by atoms with van der Waals surface area (Å²) in [6, 6.07) is 0.107. The Bertz CT molecular complexity index is 319. The summed E-state index contributed by atoms with van der Waals surface area (Å²) >= 11 is 0. The topological polar surface area (TPSA) is 46.6 Å². The Balaban J connectivity index is 1.93. The standard InChI is InChI=1S/C12H19NO3/c1-12(2,3)16-11(15)13-7-8-4-5-9(14)6-10(8)13/h8,10H,4-7H2,1-3H3. The van der Waals surface area contributed by atoms with Gasteiger partial charge in [0.1, 0.15) is 11.4 Å². The molecular weight excluding hydrogens is 206 g/mol. The van der Waals surface area contributed by atoms with Crippen molar-refractivity contribution in [2.75, 3.05) is 6.54 Å². The molecule has 2 aliphatic rings. The van der Waals surface area contributed by atoms with E-state index in [-0.39, 0.29) is 17.9 Å². The van der Waals surface area contributed by atoms with Crippen LogP contribution >= 0.6 is 0 Å². The van der Waals surface area contributed by atoms with Gasteiger partial charge in [-0.15, -0.1) is 0 Å². The molecule has 1 aliphatic heterocycles. The van der Waals surface area contributed by atoms with Gasteiger partial charge >= 0.3 is 6.09 Å². The Labute approximate surface area is 95.9 Å². The molecule has 1 heterocycles. The van der Waals surface area contributed by atoms with Crippen molar-refractivity contribution in [1.82, 2.24) is 4.90 Å². The number of hydrogen-bond acceptors (Lipinski definition) is 3. The number of ether oxygens (including phenoxy) is 1. The van der Waals surface area contributed by atoms with E-state index in [1.54, 1.807) is 4.90 Å². The summed E-state index contributed by atoms with van der Waals surface area (Å²) in [5.74, 6) is 0.791. The predicted octanol–water partition coefficient (Wildman–Crippen LogP) is 1.97. The van der Waals surface area contributed by atoms with Gasteiger partial charge in [0.15, 0.2) is 0 Å². The molecule has 1 amide bonds. The van der Waals surface area contributed by atoms with Gasteiger partial charge in [0.25, 0.3) is 0 Å². The van der Waals surface area contributed by atoms with E-state index in [9.17, 15) is 9.59 Å². The number of likely N-dealkylation sites (tertiary alicyclic amines) is 1. The lowest BCUT2D eigenvalue weighted by molar-refractivity contribution is -0.127. The molecule has 0 aromatic heterocycles. The number of hydrogen-bond donors (Lipinski definition) is 0. The van der Waals surface area contributed by atoms with Gasteiger partial charge in [0.05, 0.1) is 0 Å². The van der Waals surface area contributed by atoms with Gasteiger partial charge in [-0.2, -0.15) is 0 Å². The molecule has 1 saturated heterocycles. The second-order valence-corrected chi connectivity index (χ2v) is 5.74. The molecule has 4 heteroatoms. The van der Waals surface area contributed by atoms with E-state index in [1.165, 1.54) is 0 Å². The number of rotatable bonds is 0. The Morgan fingerprint density at radius 1 is 1.44 bits per heavy atom. The molecule has 16 heavy (non-hydrogen) atoms. The lowest BCUT2D eigenvalue weighted by Gasteiger charge is -2.49. The van der Waals surface area contributed by atoms with Gasteiger partial charge in [0, 0.05) is 25.4 Å². The highest BCUT2D eigenvalue weighted by Crippen LogP contribution is 2.36. The van der Waals surface area contributed by atoms with E-state index in [1.807, 2.05) is 20.8 Å². The SMILES string of the molecule is CC(C)(C)OC(=O)N1CC2CCC(=O)CC21. The van der Waals surface area contributed by atoms with Gasteiger partial charge in [-0.3, -0.25) is 4.79 Å². The van der Waals surface area contributed by atoms with E-state index in [2.05, 4.69) is 0 Å². The molecule has 1 aliphatic carbocycles. The van der Waals surface area contributed by atoms with E-state index >= 15 is 0 Å². The van der Waals surface area contributed by atoms with Gasteiger partial charge in [0.2, 0.25) is 0 Å². The minimum atomic E-state index is -0.457. The third kappa shape index (κ3) is 2.20. The van der Waals surface area contributed by atoms with Crippen LogP contribution in [0.2, 0.25) is 0 Å². The molecule has 0 N–H and O–H groups in total. The first kappa shape index (κ1) is 11.4. The summed E-state index contributed by atoms with van der Waals surface area (Å²) in [5, 5.41) is 0. The van der Waals surface area contributed by atoms with Crippen LogP contribution in [-0.4, -0.2) is 35.0 Å². The van der Waals surface area contributed by atoms with Crippen molar-refractivity contribution < 1.29 is 14.3 Å². The number of amides is 1. The maximum atomic E-state index is 11.8. The third-order valence-electron chi connectivity index (χ3n) is 3.23. The maximum Gasteiger partial charge on any atom is 0.410 e. The Morgan fingerprint density at radius 3 is 2.75 bits per heavy atom. The zero-order valence-corrected chi connectivity index (χ0v) is 10.2. The first-order valence-electron chi connectivity index (χ1n) is 5.88. The molecule has 2 atom stereocenters. The molecule has 4 nitrogen and oxygen atoms in total. The smallest absolute Gasteiger partial charge is 0.410 e. The molecule has 2 fully saturated rings. The zero-order chi connectivity index (χ0) is 11.9. The fourth-order valence-electron chi connectivity index (χ4n) is 2.40. The summed E-state index contributed by atoms with van der Waals surface area (Å²) in [6.45, 7) is 6.32. The Hall–Kier alpha value is -1.06. The van der Waals surface area contributed by atoms with Crippen molar-refractivity contribution in [1.29, 1.82) is 0 Å². The summed E-state index contributed by atoms with van der Waals surface area (Å²) < 4.78 is 5.30. The molecule has 2 rings (SSSR count). The Morgan fingerprint density at radius 2 is 2.12 bits per heavy atom. The minimum absolute atomic E-state index is 0.107. The summed E-state index contributed by atoms with van der Waals surface area (Å²) in [6.07, 6.45) is 1.86. The predicted molar refractivity (Wildman–Crippen MR) is 59.1 cm³/mol. The van der Waals surface area contributed by atoms with Gasteiger partial charge < -0.3 is 9.64 Å². The van der Waals surface area contributed by atoms with Crippen LogP contribution in [0.3, 0.4) is 0 Å². The number of ketones is 1. The molecule has 0 radical (unpaired) electrons. The first-order chi connectivity index (χ1) is 7.37. The molecule has 0 aromatic rings. The van der Waals surface area contributed by atoms with Crippen molar-refractivity contribution in [2.45, 2.75) is 51.7 Å². The van der Waals surface area contributed by atoms with Gasteiger partial charge in [-0.05, 0) is 33.1 Å². The first-order valence-corrected chi connectivity index (χ1v) is 5.88. The van der Waals surface area contributed by atoms with Crippen LogP contribution in [-0.2, 0) is 9.53 Å². The average molecular weight is 225 g/mol. The van der Waals surface area contributed by atoms with Crippen LogP contribution in [0.4, 0.5) is 4.79 Å². The van der Waals surface area contributed by atoms with Crippen molar-refractivity contribution in [3.8, 4) is 0 Å². The summed E-state index contributed by atoms with van der Waals surface area (Å²) in [4.78, 5) is 24.8. The lowest BCUT2D eigenvalue weighted by atomic mass is 9.76. The van der Waals surface area contributed by atoms with Crippen LogP contribution in [0, 0.1) is 5.92 Å². The van der Waals surface area contributed by atoms with E-state index in [4.69, 9.17) is 4.74 Å². The number of Topliss-reactive ketones (excluding diaryl/α,β-unsaturated/α-hetero) is 1. The Kier molecular flexibility index (Phi) is 2.68. The molecule has 1 saturated carbocycles. The average Bonchev–Trinajstić information content (AvgIpc) is 2.07. The minimum Gasteiger partial charge on any atom is -0.444 e. The number of fused-ring (bicyclic) bond motifs is 1. The summed E-state index contributed by atoms with van der Waals surface area (Å²) in [7, 11) is 0. The zero-order valence-electron chi connectivity index (χ0n) is 10.2. The number of carbonyl (C=O) groups excluding carboxylic acids is 2. The van der Waals surface area contributed by atoms with Gasteiger partial charge in [-0.25, -0.2) is 4.79 Å². The molecule has 0 bridgehead atoms. The van der Waals surface area contributed by atoms with E-state index < -0.39 is 5.60 Å². The fraction of sp³-hybridized carbons (Fsp3) is 0.833. The number of carbonyl (C=O) groups is 2. The van der Waals surface area contributed by atoms with Gasteiger partial charge in [-0.1, -0.05) is 0 Å². The van der Waals surface area contributed by atoms with Crippen molar-refractivity contribution in [2.24, 2.45) is 5.92 Å².